The number of pyridine rings is 1. The van der Waals surface area contributed by atoms with Crippen molar-refractivity contribution in [2.75, 3.05) is 32.2 Å². The van der Waals surface area contributed by atoms with Gasteiger partial charge in [0.25, 0.3) is 0 Å². The molecule has 0 N–H and O–H groups in total. The van der Waals surface area contributed by atoms with E-state index in [9.17, 15) is 4.79 Å². The summed E-state index contributed by atoms with van der Waals surface area (Å²) in [6.07, 6.45) is 6.79. The fourth-order valence-electron chi connectivity index (χ4n) is 2.04. The van der Waals surface area contributed by atoms with Gasteiger partial charge in [-0.15, -0.1) is 0 Å². The van der Waals surface area contributed by atoms with E-state index in [1.54, 1.807) is 4.90 Å². The third kappa shape index (κ3) is 6.33. The van der Waals surface area contributed by atoms with Crippen LogP contribution in [-0.4, -0.2) is 48.2 Å². The lowest BCUT2D eigenvalue weighted by Gasteiger charge is -2.10. The smallest absolute Gasteiger partial charge is 0.344 e. The largest absolute Gasteiger partial charge is 0.481 e. The quantitative estimate of drug-likeness (QED) is 0.491. The van der Waals surface area contributed by atoms with Gasteiger partial charge in [0.15, 0.2) is 19.0 Å². The monoisotopic (exact) mass is 346 g/mol. The van der Waals surface area contributed by atoms with E-state index in [0.717, 1.165) is 13.0 Å². The standard InChI is InChI=1S/C17H24N5O3/c1-4-8-22-9-5-14(6-10-22)25-12-16(23)24-11-7-15-18-13-19-17(20-15)21(2)3/h5-6,9-10,13H,4,7-8,11-12H2,1-3H3/q+1. The minimum atomic E-state index is -0.424. The molecule has 0 saturated heterocycles. The normalized spacial score (nSPS) is 10.4. The maximum absolute atomic E-state index is 11.7. The maximum atomic E-state index is 11.7. The Kier molecular flexibility index (Phi) is 7.06. The van der Waals surface area contributed by atoms with E-state index in [1.165, 1.54) is 6.33 Å². The van der Waals surface area contributed by atoms with Crippen LogP contribution in [0.15, 0.2) is 30.9 Å². The number of aromatic nitrogens is 4. The van der Waals surface area contributed by atoms with E-state index >= 15 is 0 Å². The Balaban J connectivity index is 1.71. The number of rotatable bonds is 9. The van der Waals surface area contributed by atoms with Crippen LogP contribution >= 0.6 is 0 Å². The molecule has 0 aliphatic carbocycles. The number of carbonyl (C=O) groups is 1. The van der Waals surface area contributed by atoms with Gasteiger partial charge >= 0.3 is 5.97 Å². The number of ether oxygens (including phenoxy) is 2. The number of hydrogen-bond donors (Lipinski definition) is 0. The molecule has 0 aliphatic rings. The fraction of sp³-hybridized carbons (Fsp3) is 0.471. The Bertz CT molecular complexity index is 676. The number of esters is 1. The van der Waals surface area contributed by atoms with Crippen LogP contribution in [0.25, 0.3) is 0 Å². The zero-order valence-corrected chi connectivity index (χ0v) is 14.9. The van der Waals surface area contributed by atoms with Crippen LogP contribution in [0, 0.1) is 0 Å². The summed E-state index contributed by atoms with van der Waals surface area (Å²) in [6.45, 7) is 3.14. The van der Waals surface area contributed by atoms with Crippen molar-refractivity contribution in [3.8, 4) is 5.75 Å². The van der Waals surface area contributed by atoms with Crippen molar-refractivity contribution < 1.29 is 18.8 Å². The average molecular weight is 346 g/mol. The third-order valence-corrected chi connectivity index (χ3v) is 3.30. The fourth-order valence-corrected chi connectivity index (χ4v) is 2.04. The van der Waals surface area contributed by atoms with Crippen molar-refractivity contribution in [2.24, 2.45) is 0 Å². The second kappa shape index (κ2) is 9.51. The molecule has 0 aromatic carbocycles. The molecule has 8 heteroatoms. The van der Waals surface area contributed by atoms with Crippen molar-refractivity contribution >= 4 is 11.9 Å². The summed E-state index contributed by atoms with van der Waals surface area (Å²) >= 11 is 0. The molecule has 0 spiro atoms. The third-order valence-electron chi connectivity index (χ3n) is 3.30. The average Bonchev–Trinajstić information content (AvgIpc) is 2.61. The molecule has 0 unspecified atom stereocenters. The summed E-state index contributed by atoms with van der Waals surface area (Å²) in [5.41, 5.74) is 0. The zero-order chi connectivity index (χ0) is 18.1. The van der Waals surface area contributed by atoms with E-state index in [0.29, 0.717) is 23.9 Å². The molecule has 0 atom stereocenters. The van der Waals surface area contributed by atoms with Gasteiger partial charge in [-0.2, -0.15) is 4.98 Å². The molecular formula is C17H24N5O3+. The van der Waals surface area contributed by atoms with E-state index in [4.69, 9.17) is 9.47 Å². The lowest BCUT2D eigenvalue weighted by Crippen LogP contribution is -2.32. The first-order valence-electron chi connectivity index (χ1n) is 8.21. The van der Waals surface area contributed by atoms with Crippen molar-refractivity contribution in [1.82, 2.24) is 15.0 Å². The number of carbonyl (C=O) groups excluding carboxylic acids is 1. The SMILES string of the molecule is CCC[n+]1ccc(OCC(=O)OCCc2ncnc(N(C)C)n2)cc1. The number of hydrogen-bond acceptors (Lipinski definition) is 7. The summed E-state index contributed by atoms with van der Waals surface area (Å²) in [5.74, 6) is 1.37. The summed E-state index contributed by atoms with van der Waals surface area (Å²) < 4.78 is 12.6. The topological polar surface area (TPSA) is 81.3 Å². The van der Waals surface area contributed by atoms with Gasteiger partial charge in [0, 0.05) is 39.1 Å². The van der Waals surface area contributed by atoms with Gasteiger partial charge < -0.3 is 14.4 Å². The van der Waals surface area contributed by atoms with Crippen molar-refractivity contribution in [3.05, 3.63) is 36.7 Å². The first-order chi connectivity index (χ1) is 12.1. The predicted molar refractivity (Wildman–Crippen MR) is 91.2 cm³/mol. The molecule has 2 heterocycles. The van der Waals surface area contributed by atoms with Crippen LogP contribution in [0.2, 0.25) is 0 Å². The zero-order valence-electron chi connectivity index (χ0n) is 14.9. The Morgan fingerprint density at radius 1 is 1.24 bits per heavy atom. The minimum absolute atomic E-state index is 0.127. The van der Waals surface area contributed by atoms with Crippen LogP contribution in [-0.2, 0) is 22.5 Å². The van der Waals surface area contributed by atoms with E-state index in [-0.39, 0.29) is 13.2 Å². The Morgan fingerprint density at radius 2 is 2.00 bits per heavy atom. The van der Waals surface area contributed by atoms with Crippen molar-refractivity contribution in [2.45, 2.75) is 26.3 Å². The molecule has 2 aromatic heterocycles. The van der Waals surface area contributed by atoms with Gasteiger partial charge in [0.1, 0.15) is 24.4 Å². The molecule has 0 saturated carbocycles. The molecule has 134 valence electrons. The first kappa shape index (κ1) is 18.6. The molecule has 0 radical (unpaired) electrons. The first-order valence-corrected chi connectivity index (χ1v) is 8.21. The number of aryl methyl sites for hydroxylation is 1. The molecule has 0 fully saturated rings. The second-order valence-electron chi connectivity index (χ2n) is 5.63. The van der Waals surface area contributed by atoms with Crippen LogP contribution in [0.1, 0.15) is 19.2 Å². The van der Waals surface area contributed by atoms with Gasteiger partial charge in [-0.3, -0.25) is 0 Å². The molecule has 0 bridgehead atoms. The Hall–Kier alpha value is -2.77. The molecular weight excluding hydrogens is 322 g/mol. The lowest BCUT2D eigenvalue weighted by atomic mass is 10.4. The lowest BCUT2D eigenvalue weighted by molar-refractivity contribution is -0.697. The van der Waals surface area contributed by atoms with Crippen molar-refractivity contribution in [1.29, 1.82) is 0 Å². The Labute approximate surface area is 147 Å². The van der Waals surface area contributed by atoms with Crippen LogP contribution in [0.5, 0.6) is 5.75 Å². The predicted octanol–water partition coefficient (Wildman–Crippen LogP) is 0.800. The number of nitrogens with zero attached hydrogens (tertiary/aromatic N) is 5. The van der Waals surface area contributed by atoms with E-state index < -0.39 is 5.97 Å². The van der Waals surface area contributed by atoms with E-state index in [2.05, 4.69) is 26.4 Å². The van der Waals surface area contributed by atoms with Gasteiger partial charge in [-0.1, -0.05) is 6.92 Å². The highest BCUT2D eigenvalue weighted by molar-refractivity contribution is 5.71. The van der Waals surface area contributed by atoms with Crippen LogP contribution < -0.4 is 14.2 Å². The van der Waals surface area contributed by atoms with Gasteiger partial charge in [-0.25, -0.2) is 19.3 Å². The Morgan fingerprint density at radius 3 is 2.68 bits per heavy atom. The molecule has 2 rings (SSSR count). The molecule has 8 nitrogen and oxygen atoms in total. The maximum Gasteiger partial charge on any atom is 0.344 e. The summed E-state index contributed by atoms with van der Waals surface area (Å²) in [6, 6.07) is 3.66. The van der Waals surface area contributed by atoms with Crippen LogP contribution in [0.3, 0.4) is 0 Å². The van der Waals surface area contributed by atoms with Gasteiger partial charge in [0.05, 0.1) is 6.61 Å². The van der Waals surface area contributed by atoms with Crippen LogP contribution in [0.4, 0.5) is 5.95 Å². The van der Waals surface area contributed by atoms with E-state index in [1.807, 2.05) is 38.6 Å². The highest BCUT2D eigenvalue weighted by Crippen LogP contribution is 2.06. The van der Waals surface area contributed by atoms with Gasteiger partial charge in [-0.05, 0) is 0 Å². The summed E-state index contributed by atoms with van der Waals surface area (Å²) in [7, 11) is 3.70. The minimum Gasteiger partial charge on any atom is -0.481 e. The molecule has 2 aromatic rings. The molecule has 0 aliphatic heterocycles. The van der Waals surface area contributed by atoms with Gasteiger partial charge in [0.2, 0.25) is 5.95 Å². The summed E-state index contributed by atoms with van der Waals surface area (Å²) in [5, 5.41) is 0. The molecule has 0 amide bonds. The second-order valence-corrected chi connectivity index (χ2v) is 5.63. The summed E-state index contributed by atoms with van der Waals surface area (Å²) in [4.78, 5) is 25.9. The highest BCUT2D eigenvalue weighted by Gasteiger charge is 2.08. The number of anilines is 1. The van der Waals surface area contributed by atoms with Crippen molar-refractivity contribution in [3.63, 3.8) is 0 Å². The highest BCUT2D eigenvalue weighted by atomic mass is 16.6. The molecule has 25 heavy (non-hydrogen) atoms.